The maximum absolute atomic E-state index is 12.2. The third-order valence-corrected chi connectivity index (χ3v) is 4.42. The number of carbonyl (C=O) groups is 1. The van der Waals surface area contributed by atoms with Crippen molar-refractivity contribution in [2.75, 3.05) is 18.0 Å². The first-order chi connectivity index (χ1) is 11.1. The molecule has 1 amide bonds. The van der Waals surface area contributed by atoms with E-state index in [4.69, 9.17) is 23.2 Å². The molecule has 1 aliphatic rings. The van der Waals surface area contributed by atoms with Gasteiger partial charge < -0.3 is 10.2 Å². The van der Waals surface area contributed by atoms with Crippen molar-refractivity contribution in [2.45, 2.75) is 19.4 Å². The van der Waals surface area contributed by atoms with E-state index in [1.165, 1.54) is 12.8 Å². The average molecular weight is 350 g/mol. The fourth-order valence-electron chi connectivity index (χ4n) is 2.64. The SMILES string of the molecule is O=C(NCc1ccnc(N2CCCC2)c1)c1ccc(Cl)cc1Cl. The summed E-state index contributed by atoms with van der Waals surface area (Å²) in [6.07, 6.45) is 4.19. The van der Waals surface area contributed by atoms with Gasteiger partial charge in [-0.3, -0.25) is 4.79 Å². The van der Waals surface area contributed by atoms with Gasteiger partial charge in [0.25, 0.3) is 5.91 Å². The Hall–Kier alpha value is -1.78. The number of halogens is 2. The van der Waals surface area contributed by atoms with Crippen LogP contribution >= 0.6 is 23.2 Å². The average Bonchev–Trinajstić information content (AvgIpc) is 3.07. The smallest absolute Gasteiger partial charge is 0.253 e. The fraction of sp³-hybridized carbons (Fsp3) is 0.294. The van der Waals surface area contributed by atoms with Gasteiger partial charge in [-0.15, -0.1) is 0 Å². The number of amides is 1. The summed E-state index contributed by atoms with van der Waals surface area (Å²) in [6, 6.07) is 8.77. The lowest BCUT2D eigenvalue weighted by atomic mass is 10.2. The number of anilines is 1. The molecule has 0 radical (unpaired) electrons. The first kappa shape index (κ1) is 16.1. The summed E-state index contributed by atoms with van der Waals surface area (Å²) in [4.78, 5) is 18.9. The number of benzene rings is 1. The molecule has 1 aromatic carbocycles. The molecule has 120 valence electrons. The highest BCUT2D eigenvalue weighted by Crippen LogP contribution is 2.21. The van der Waals surface area contributed by atoms with Gasteiger partial charge in [-0.05, 0) is 48.7 Å². The van der Waals surface area contributed by atoms with Crippen molar-refractivity contribution in [3.63, 3.8) is 0 Å². The van der Waals surface area contributed by atoms with Crippen molar-refractivity contribution in [3.05, 3.63) is 57.7 Å². The zero-order valence-electron chi connectivity index (χ0n) is 12.6. The molecule has 1 fully saturated rings. The quantitative estimate of drug-likeness (QED) is 0.909. The zero-order valence-corrected chi connectivity index (χ0v) is 14.1. The van der Waals surface area contributed by atoms with Gasteiger partial charge >= 0.3 is 0 Å². The molecule has 1 N–H and O–H groups in total. The third kappa shape index (κ3) is 3.95. The number of aromatic nitrogens is 1. The van der Waals surface area contributed by atoms with Crippen LogP contribution in [0.3, 0.4) is 0 Å². The van der Waals surface area contributed by atoms with E-state index in [-0.39, 0.29) is 5.91 Å². The first-order valence-electron chi connectivity index (χ1n) is 7.56. The molecule has 2 heterocycles. The highest BCUT2D eigenvalue weighted by Gasteiger charge is 2.14. The predicted molar refractivity (Wildman–Crippen MR) is 93.3 cm³/mol. The molecule has 0 atom stereocenters. The van der Waals surface area contributed by atoms with Crippen molar-refractivity contribution >= 4 is 34.9 Å². The normalized spacial score (nSPS) is 14.1. The minimum atomic E-state index is -0.216. The van der Waals surface area contributed by atoms with E-state index in [1.54, 1.807) is 24.4 Å². The van der Waals surface area contributed by atoms with Crippen LogP contribution in [0.25, 0.3) is 0 Å². The number of carbonyl (C=O) groups excluding carboxylic acids is 1. The van der Waals surface area contributed by atoms with Gasteiger partial charge in [0.1, 0.15) is 5.82 Å². The van der Waals surface area contributed by atoms with Crippen LogP contribution in [0, 0.1) is 0 Å². The van der Waals surface area contributed by atoms with Crippen LogP contribution in [0.15, 0.2) is 36.5 Å². The molecular formula is C17H17Cl2N3O. The molecule has 0 aliphatic carbocycles. The van der Waals surface area contributed by atoms with Crippen molar-refractivity contribution in [1.29, 1.82) is 0 Å². The second-order valence-corrected chi connectivity index (χ2v) is 6.37. The molecule has 1 saturated heterocycles. The van der Waals surface area contributed by atoms with Crippen LogP contribution in [-0.4, -0.2) is 24.0 Å². The van der Waals surface area contributed by atoms with E-state index < -0.39 is 0 Å². The molecule has 0 spiro atoms. The summed E-state index contributed by atoms with van der Waals surface area (Å²) >= 11 is 11.9. The van der Waals surface area contributed by atoms with E-state index in [0.717, 1.165) is 24.5 Å². The lowest BCUT2D eigenvalue weighted by molar-refractivity contribution is 0.0951. The van der Waals surface area contributed by atoms with E-state index in [9.17, 15) is 4.79 Å². The Labute approximate surface area is 145 Å². The Bertz CT molecular complexity index is 715. The number of hydrogen-bond acceptors (Lipinski definition) is 3. The Kier molecular flexibility index (Phi) is 5.03. The Morgan fingerprint density at radius 1 is 1.17 bits per heavy atom. The molecule has 3 rings (SSSR count). The predicted octanol–water partition coefficient (Wildman–Crippen LogP) is 3.92. The second kappa shape index (κ2) is 7.20. The largest absolute Gasteiger partial charge is 0.357 e. The molecule has 1 aromatic heterocycles. The molecule has 23 heavy (non-hydrogen) atoms. The van der Waals surface area contributed by atoms with Gasteiger partial charge in [0, 0.05) is 30.9 Å². The van der Waals surface area contributed by atoms with Crippen molar-refractivity contribution in [2.24, 2.45) is 0 Å². The van der Waals surface area contributed by atoms with E-state index in [2.05, 4.69) is 15.2 Å². The molecule has 4 nitrogen and oxygen atoms in total. The second-order valence-electron chi connectivity index (χ2n) is 5.52. The van der Waals surface area contributed by atoms with Crippen molar-refractivity contribution in [1.82, 2.24) is 10.3 Å². The van der Waals surface area contributed by atoms with Crippen LogP contribution in [0.4, 0.5) is 5.82 Å². The highest BCUT2D eigenvalue weighted by atomic mass is 35.5. The van der Waals surface area contributed by atoms with E-state index >= 15 is 0 Å². The summed E-state index contributed by atoms with van der Waals surface area (Å²) in [6.45, 7) is 2.52. The van der Waals surface area contributed by atoms with Crippen LogP contribution in [0.1, 0.15) is 28.8 Å². The van der Waals surface area contributed by atoms with Gasteiger partial charge in [-0.1, -0.05) is 23.2 Å². The lowest BCUT2D eigenvalue weighted by Gasteiger charge is -2.17. The van der Waals surface area contributed by atoms with Gasteiger partial charge in [0.2, 0.25) is 0 Å². The molecular weight excluding hydrogens is 333 g/mol. The summed E-state index contributed by atoms with van der Waals surface area (Å²) in [5.74, 6) is 0.755. The monoisotopic (exact) mass is 349 g/mol. The maximum Gasteiger partial charge on any atom is 0.253 e. The highest BCUT2D eigenvalue weighted by molar-refractivity contribution is 6.36. The van der Waals surface area contributed by atoms with E-state index in [1.807, 2.05) is 12.1 Å². The molecule has 6 heteroatoms. The standard InChI is InChI=1S/C17H17Cl2N3O/c18-13-3-4-14(15(19)10-13)17(23)21-11-12-5-6-20-16(9-12)22-7-1-2-8-22/h3-6,9-10H,1-2,7-8,11H2,(H,21,23). The molecule has 2 aromatic rings. The Morgan fingerprint density at radius 3 is 2.70 bits per heavy atom. The number of rotatable bonds is 4. The minimum Gasteiger partial charge on any atom is -0.357 e. The minimum absolute atomic E-state index is 0.216. The maximum atomic E-state index is 12.2. The van der Waals surface area contributed by atoms with Crippen molar-refractivity contribution in [3.8, 4) is 0 Å². The van der Waals surface area contributed by atoms with Gasteiger partial charge in [0.05, 0.1) is 10.6 Å². The molecule has 0 unspecified atom stereocenters. The molecule has 0 bridgehead atoms. The Morgan fingerprint density at radius 2 is 1.96 bits per heavy atom. The molecule has 0 saturated carbocycles. The van der Waals surface area contributed by atoms with Gasteiger partial charge in [-0.25, -0.2) is 4.98 Å². The summed E-state index contributed by atoms with van der Waals surface area (Å²) < 4.78 is 0. The third-order valence-electron chi connectivity index (χ3n) is 3.87. The van der Waals surface area contributed by atoms with Gasteiger partial charge in [0.15, 0.2) is 0 Å². The Balaban J connectivity index is 1.65. The van der Waals surface area contributed by atoms with Crippen molar-refractivity contribution < 1.29 is 4.79 Å². The number of pyridine rings is 1. The summed E-state index contributed by atoms with van der Waals surface area (Å²) in [7, 11) is 0. The zero-order chi connectivity index (χ0) is 16.2. The summed E-state index contributed by atoms with van der Waals surface area (Å²) in [5.41, 5.74) is 1.44. The van der Waals surface area contributed by atoms with Crippen LogP contribution in [0.5, 0.6) is 0 Å². The number of hydrogen-bond donors (Lipinski definition) is 1. The number of nitrogens with one attached hydrogen (secondary N) is 1. The number of nitrogens with zero attached hydrogens (tertiary/aromatic N) is 2. The van der Waals surface area contributed by atoms with Gasteiger partial charge in [-0.2, -0.15) is 0 Å². The topological polar surface area (TPSA) is 45.2 Å². The van der Waals surface area contributed by atoms with E-state index in [0.29, 0.717) is 22.2 Å². The first-order valence-corrected chi connectivity index (χ1v) is 8.32. The van der Waals surface area contributed by atoms with Crippen LogP contribution in [0.2, 0.25) is 10.0 Å². The lowest BCUT2D eigenvalue weighted by Crippen LogP contribution is -2.24. The van der Waals surface area contributed by atoms with Crippen LogP contribution < -0.4 is 10.2 Å². The molecule has 1 aliphatic heterocycles. The van der Waals surface area contributed by atoms with Crippen LogP contribution in [-0.2, 0) is 6.54 Å². The fourth-order valence-corrected chi connectivity index (χ4v) is 3.14. The summed E-state index contributed by atoms with van der Waals surface area (Å²) in [5, 5.41) is 3.74.